The number of amides is 1. The Hall–Kier alpha value is -2.31. The van der Waals surface area contributed by atoms with Gasteiger partial charge in [0, 0.05) is 18.8 Å². The molecule has 0 spiro atoms. The first-order chi connectivity index (χ1) is 11.2. The number of carbonyl (C=O) groups excluding carboxylic acids is 1. The molecule has 24 heavy (non-hydrogen) atoms. The lowest BCUT2D eigenvalue weighted by Crippen LogP contribution is -2.36. The number of nitrogens with two attached hydrogens (primary N) is 1. The predicted octanol–water partition coefficient (Wildman–Crippen LogP) is 2.10. The Morgan fingerprint density at radius 2 is 2.04 bits per heavy atom. The fourth-order valence-corrected chi connectivity index (χ4v) is 2.53. The Labute approximate surface area is 147 Å². The van der Waals surface area contributed by atoms with Crippen LogP contribution in [-0.4, -0.2) is 37.2 Å². The minimum Gasteiger partial charge on any atom is -0.399 e. The molecule has 1 fully saturated rings. The largest absolute Gasteiger partial charge is 0.399 e. The van der Waals surface area contributed by atoms with E-state index in [1.165, 1.54) is 0 Å². The van der Waals surface area contributed by atoms with Gasteiger partial charge in [0.1, 0.15) is 5.82 Å². The smallest absolute Gasteiger partial charge is 0.228 e. The van der Waals surface area contributed by atoms with Crippen LogP contribution in [0.1, 0.15) is 5.56 Å². The molecule has 7 heteroatoms. The van der Waals surface area contributed by atoms with Crippen LogP contribution in [0.25, 0.3) is 0 Å². The van der Waals surface area contributed by atoms with Crippen molar-refractivity contribution in [3.05, 3.63) is 48.2 Å². The van der Waals surface area contributed by atoms with Crippen LogP contribution >= 0.6 is 12.4 Å². The van der Waals surface area contributed by atoms with Crippen LogP contribution in [0.5, 0.6) is 0 Å². The van der Waals surface area contributed by atoms with Crippen molar-refractivity contribution in [1.29, 1.82) is 0 Å². The van der Waals surface area contributed by atoms with Gasteiger partial charge in [-0.05, 0) is 29.8 Å². The van der Waals surface area contributed by atoms with E-state index in [-0.39, 0.29) is 24.7 Å². The number of nitrogens with zero attached hydrogens (tertiary/aromatic N) is 2. The average Bonchev–Trinajstić information content (AvgIpc) is 2.56. The Morgan fingerprint density at radius 3 is 2.71 bits per heavy atom. The maximum atomic E-state index is 12.1. The van der Waals surface area contributed by atoms with Crippen LogP contribution in [0.4, 0.5) is 17.2 Å². The van der Waals surface area contributed by atoms with Crippen molar-refractivity contribution in [1.82, 2.24) is 4.98 Å². The molecule has 3 N–H and O–H groups in total. The van der Waals surface area contributed by atoms with Crippen LogP contribution in [0.2, 0.25) is 0 Å². The summed E-state index contributed by atoms with van der Waals surface area (Å²) in [5.41, 5.74) is 7.96. The average molecular weight is 349 g/mol. The molecule has 2 aromatic rings. The van der Waals surface area contributed by atoms with Gasteiger partial charge in [0.25, 0.3) is 0 Å². The lowest BCUT2D eigenvalue weighted by atomic mass is 10.1. The molecule has 0 atom stereocenters. The fourth-order valence-electron chi connectivity index (χ4n) is 2.53. The lowest BCUT2D eigenvalue weighted by Gasteiger charge is -2.27. The summed E-state index contributed by atoms with van der Waals surface area (Å²) in [4.78, 5) is 18.7. The summed E-state index contributed by atoms with van der Waals surface area (Å²) in [6.45, 7) is 3.13. The number of hydrogen-bond donors (Lipinski definition) is 2. The second kappa shape index (κ2) is 8.52. The molecule has 0 unspecified atom stereocenters. The van der Waals surface area contributed by atoms with Crippen molar-refractivity contribution >= 4 is 35.5 Å². The van der Waals surface area contributed by atoms with E-state index in [9.17, 15) is 4.79 Å². The van der Waals surface area contributed by atoms with Gasteiger partial charge >= 0.3 is 0 Å². The van der Waals surface area contributed by atoms with E-state index in [0.717, 1.165) is 37.7 Å². The molecule has 0 saturated carbocycles. The van der Waals surface area contributed by atoms with Crippen molar-refractivity contribution < 1.29 is 9.53 Å². The van der Waals surface area contributed by atoms with Gasteiger partial charge in [-0.15, -0.1) is 12.4 Å². The number of aromatic nitrogens is 1. The number of nitrogen functional groups attached to an aromatic ring is 1. The monoisotopic (exact) mass is 348 g/mol. The van der Waals surface area contributed by atoms with E-state index in [4.69, 9.17) is 10.5 Å². The first kappa shape index (κ1) is 18.0. The number of halogens is 1. The third-order valence-corrected chi connectivity index (χ3v) is 3.68. The van der Waals surface area contributed by atoms with E-state index in [1.807, 2.05) is 24.3 Å². The molecule has 1 saturated heterocycles. The number of morpholine rings is 1. The molecule has 1 aromatic heterocycles. The molecule has 3 rings (SSSR count). The van der Waals surface area contributed by atoms with Crippen molar-refractivity contribution in [2.75, 3.05) is 42.3 Å². The summed E-state index contributed by atoms with van der Waals surface area (Å²) in [5, 5.41) is 2.85. The van der Waals surface area contributed by atoms with Crippen LogP contribution in [0, 0.1) is 0 Å². The summed E-state index contributed by atoms with van der Waals surface area (Å²) in [7, 11) is 0. The van der Waals surface area contributed by atoms with Gasteiger partial charge < -0.3 is 20.7 Å². The molecule has 1 amide bonds. The van der Waals surface area contributed by atoms with Gasteiger partial charge in [0.2, 0.25) is 5.91 Å². The number of benzene rings is 1. The number of anilines is 3. The number of ether oxygens (including phenoxy) is 1. The molecule has 0 aliphatic carbocycles. The molecule has 0 bridgehead atoms. The van der Waals surface area contributed by atoms with Gasteiger partial charge in [-0.3, -0.25) is 4.79 Å². The SMILES string of the molecule is Cl.Nc1cccc(CC(=O)Nc2ccc(N3CCOCC3)nc2)c1. The number of pyridine rings is 1. The van der Waals surface area contributed by atoms with Crippen LogP contribution in [0.3, 0.4) is 0 Å². The molecule has 1 aromatic carbocycles. The van der Waals surface area contributed by atoms with E-state index < -0.39 is 0 Å². The second-order valence-corrected chi connectivity index (χ2v) is 5.47. The van der Waals surface area contributed by atoms with Crippen molar-refractivity contribution in [2.24, 2.45) is 0 Å². The molecular weight excluding hydrogens is 328 g/mol. The minimum absolute atomic E-state index is 0. The number of nitrogens with one attached hydrogen (secondary N) is 1. The molecule has 1 aliphatic rings. The van der Waals surface area contributed by atoms with Crippen LogP contribution < -0.4 is 16.0 Å². The molecule has 6 nitrogen and oxygen atoms in total. The van der Waals surface area contributed by atoms with E-state index >= 15 is 0 Å². The maximum Gasteiger partial charge on any atom is 0.228 e. The highest BCUT2D eigenvalue weighted by atomic mass is 35.5. The maximum absolute atomic E-state index is 12.1. The van der Waals surface area contributed by atoms with Crippen LogP contribution in [0.15, 0.2) is 42.6 Å². The Morgan fingerprint density at radius 1 is 1.25 bits per heavy atom. The highest BCUT2D eigenvalue weighted by Crippen LogP contribution is 2.16. The highest BCUT2D eigenvalue weighted by molar-refractivity contribution is 5.92. The molecule has 2 heterocycles. The summed E-state index contributed by atoms with van der Waals surface area (Å²) in [6, 6.07) is 11.1. The van der Waals surface area contributed by atoms with E-state index in [0.29, 0.717) is 11.4 Å². The van der Waals surface area contributed by atoms with Gasteiger partial charge in [-0.2, -0.15) is 0 Å². The number of carbonyl (C=O) groups is 1. The zero-order chi connectivity index (χ0) is 16.1. The number of rotatable bonds is 4. The van der Waals surface area contributed by atoms with Gasteiger partial charge in [0.15, 0.2) is 0 Å². The second-order valence-electron chi connectivity index (χ2n) is 5.47. The quantitative estimate of drug-likeness (QED) is 0.827. The Balaban J connectivity index is 0.00000208. The third-order valence-electron chi connectivity index (χ3n) is 3.68. The van der Waals surface area contributed by atoms with Crippen LogP contribution in [-0.2, 0) is 16.0 Å². The third kappa shape index (κ3) is 4.84. The van der Waals surface area contributed by atoms with Gasteiger partial charge in [-0.1, -0.05) is 12.1 Å². The first-order valence-corrected chi connectivity index (χ1v) is 7.64. The highest BCUT2D eigenvalue weighted by Gasteiger charge is 2.12. The predicted molar refractivity (Wildman–Crippen MR) is 97.7 cm³/mol. The van der Waals surface area contributed by atoms with Crippen molar-refractivity contribution in [2.45, 2.75) is 6.42 Å². The Bertz CT molecular complexity index is 673. The molecule has 0 radical (unpaired) electrons. The van der Waals surface area contributed by atoms with E-state index in [2.05, 4.69) is 15.2 Å². The van der Waals surface area contributed by atoms with E-state index in [1.54, 1.807) is 18.3 Å². The topological polar surface area (TPSA) is 80.5 Å². The fraction of sp³-hybridized carbons (Fsp3) is 0.294. The first-order valence-electron chi connectivity index (χ1n) is 7.64. The lowest BCUT2D eigenvalue weighted by molar-refractivity contribution is -0.115. The summed E-state index contributed by atoms with van der Waals surface area (Å²) in [6.07, 6.45) is 1.97. The zero-order valence-electron chi connectivity index (χ0n) is 13.3. The summed E-state index contributed by atoms with van der Waals surface area (Å²) >= 11 is 0. The zero-order valence-corrected chi connectivity index (χ0v) is 14.1. The minimum atomic E-state index is -0.0866. The molecular formula is C17H21ClN4O2. The van der Waals surface area contributed by atoms with Crippen molar-refractivity contribution in [3.8, 4) is 0 Å². The van der Waals surface area contributed by atoms with Gasteiger partial charge in [-0.25, -0.2) is 4.98 Å². The standard InChI is InChI=1S/C17H20N4O2.ClH/c18-14-3-1-2-13(10-14)11-17(22)20-15-4-5-16(19-12-15)21-6-8-23-9-7-21;/h1-5,10,12H,6-9,11,18H2,(H,20,22);1H. The number of hydrogen-bond acceptors (Lipinski definition) is 5. The molecule has 128 valence electrons. The molecule has 1 aliphatic heterocycles. The van der Waals surface area contributed by atoms with Gasteiger partial charge in [0.05, 0.1) is 31.5 Å². The Kier molecular flexibility index (Phi) is 6.40. The summed E-state index contributed by atoms with van der Waals surface area (Å²) < 4.78 is 5.33. The van der Waals surface area contributed by atoms with Crippen molar-refractivity contribution in [3.63, 3.8) is 0 Å². The normalized spacial score (nSPS) is 13.9. The summed E-state index contributed by atoms with van der Waals surface area (Å²) in [5.74, 6) is 0.818.